The average molecular weight is 351 g/mol. The Bertz CT molecular complexity index is 609. The zero-order chi connectivity index (χ0) is 15.4. The highest BCUT2D eigenvalue weighted by Crippen LogP contribution is 2.20. The summed E-state index contributed by atoms with van der Waals surface area (Å²) in [6.45, 7) is 2.42. The molecule has 21 heavy (non-hydrogen) atoms. The van der Waals surface area contributed by atoms with Gasteiger partial charge in [0.05, 0.1) is 12.3 Å². The summed E-state index contributed by atoms with van der Waals surface area (Å²) >= 11 is 3.45. The molecular formula is C16H19BrN2O2. The molecule has 0 aliphatic carbocycles. The van der Waals surface area contributed by atoms with E-state index in [9.17, 15) is 4.79 Å². The van der Waals surface area contributed by atoms with Crippen LogP contribution >= 0.6 is 15.9 Å². The van der Waals surface area contributed by atoms with E-state index in [1.807, 2.05) is 56.3 Å². The zero-order valence-electron chi connectivity index (χ0n) is 12.4. The minimum Gasteiger partial charge on any atom is -0.468 e. The highest BCUT2D eigenvalue weighted by molar-refractivity contribution is 9.10. The van der Waals surface area contributed by atoms with Crippen molar-refractivity contribution in [2.24, 2.45) is 0 Å². The molecule has 0 saturated heterocycles. The van der Waals surface area contributed by atoms with Crippen LogP contribution in [0.2, 0.25) is 0 Å². The SMILES string of the molecule is Cc1c(Br)cccc1C(=O)NCC(c1ccco1)N(C)C. The lowest BCUT2D eigenvalue weighted by Gasteiger charge is -2.22. The summed E-state index contributed by atoms with van der Waals surface area (Å²) in [7, 11) is 3.92. The lowest BCUT2D eigenvalue weighted by molar-refractivity contribution is 0.0938. The second kappa shape index (κ2) is 6.91. The van der Waals surface area contributed by atoms with E-state index in [4.69, 9.17) is 4.42 Å². The van der Waals surface area contributed by atoms with Crippen molar-refractivity contribution in [3.05, 3.63) is 58.0 Å². The van der Waals surface area contributed by atoms with Crippen LogP contribution in [-0.2, 0) is 0 Å². The maximum Gasteiger partial charge on any atom is 0.251 e. The van der Waals surface area contributed by atoms with Gasteiger partial charge in [-0.15, -0.1) is 0 Å². The number of benzene rings is 1. The maximum atomic E-state index is 12.3. The lowest BCUT2D eigenvalue weighted by atomic mass is 10.1. The molecule has 1 heterocycles. The van der Waals surface area contributed by atoms with Gasteiger partial charge in [-0.05, 0) is 50.8 Å². The summed E-state index contributed by atoms with van der Waals surface area (Å²) in [5.74, 6) is 0.762. The standard InChI is InChI=1S/C16H19BrN2O2/c1-11-12(6-4-7-13(11)17)16(20)18-10-14(19(2)3)15-8-5-9-21-15/h4-9,14H,10H2,1-3H3,(H,18,20). The first-order valence-electron chi connectivity index (χ1n) is 6.74. The first-order valence-corrected chi connectivity index (χ1v) is 7.53. The predicted octanol–water partition coefficient (Wildman–Crippen LogP) is 3.38. The van der Waals surface area contributed by atoms with E-state index in [0.29, 0.717) is 12.1 Å². The normalized spacial score (nSPS) is 12.4. The second-order valence-corrected chi connectivity index (χ2v) is 5.97. The summed E-state index contributed by atoms with van der Waals surface area (Å²) in [6.07, 6.45) is 1.64. The van der Waals surface area contributed by atoms with E-state index < -0.39 is 0 Å². The number of carbonyl (C=O) groups excluding carboxylic acids is 1. The largest absolute Gasteiger partial charge is 0.468 e. The molecule has 0 fully saturated rings. The number of carbonyl (C=O) groups is 1. The minimum atomic E-state index is -0.0767. The fourth-order valence-corrected chi connectivity index (χ4v) is 2.52. The number of nitrogens with zero attached hydrogens (tertiary/aromatic N) is 1. The third-order valence-electron chi connectivity index (χ3n) is 3.46. The van der Waals surface area contributed by atoms with Gasteiger partial charge in [-0.1, -0.05) is 22.0 Å². The molecule has 1 aromatic heterocycles. The number of nitrogens with one attached hydrogen (secondary N) is 1. The third kappa shape index (κ3) is 3.74. The van der Waals surface area contributed by atoms with E-state index in [-0.39, 0.29) is 11.9 Å². The van der Waals surface area contributed by atoms with Gasteiger partial charge in [0, 0.05) is 16.6 Å². The Morgan fingerprint density at radius 3 is 2.71 bits per heavy atom. The highest BCUT2D eigenvalue weighted by atomic mass is 79.9. The topological polar surface area (TPSA) is 45.5 Å². The number of amides is 1. The molecule has 0 aliphatic heterocycles. The molecule has 0 aliphatic rings. The Kier molecular flexibility index (Phi) is 5.20. The highest BCUT2D eigenvalue weighted by Gasteiger charge is 2.19. The number of hydrogen-bond donors (Lipinski definition) is 1. The maximum absolute atomic E-state index is 12.3. The van der Waals surface area contributed by atoms with Crippen LogP contribution < -0.4 is 5.32 Å². The van der Waals surface area contributed by atoms with Gasteiger partial charge in [0.1, 0.15) is 5.76 Å². The summed E-state index contributed by atoms with van der Waals surface area (Å²) in [5, 5.41) is 2.98. The molecule has 0 radical (unpaired) electrons. The molecular weight excluding hydrogens is 332 g/mol. The first kappa shape index (κ1) is 15.8. The van der Waals surface area contributed by atoms with Gasteiger partial charge in [-0.2, -0.15) is 0 Å². The molecule has 1 amide bonds. The van der Waals surface area contributed by atoms with Gasteiger partial charge in [-0.25, -0.2) is 0 Å². The van der Waals surface area contributed by atoms with E-state index in [1.165, 1.54) is 0 Å². The summed E-state index contributed by atoms with van der Waals surface area (Å²) in [4.78, 5) is 14.4. The van der Waals surface area contributed by atoms with Gasteiger partial charge in [0.15, 0.2) is 0 Å². The molecule has 112 valence electrons. The first-order chi connectivity index (χ1) is 10.0. The fraction of sp³-hybridized carbons (Fsp3) is 0.312. The minimum absolute atomic E-state index is 0.0106. The quantitative estimate of drug-likeness (QED) is 0.898. The smallest absolute Gasteiger partial charge is 0.251 e. The molecule has 1 N–H and O–H groups in total. The monoisotopic (exact) mass is 350 g/mol. The van der Waals surface area contributed by atoms with Gasteiger partial charge < -0.3 is 9.73 Å². The summed E-state index contributed by atoms with van der Waals surface area (Å²) in [5.41, 5.74) is 1.62. The van der Waals surface area contributed by atoms with Crippen LogP contribution in [0.4, 0.5) is 0 Å². The van der Waals surface area contributed by atoms with Crippen LogP contribution in [0.5, 0.6) is 0 Å². The van der Waals surface area contributed by atoms with Crippen LogP contribution in [0.3, 0.4) is 0 Å². The predicted molar refractivity (Wildman–Crippen MR) is 86.3 cm³/mol. The molecule has 0 spiro atoms. The van der Waals surface area contributed by atoms with Gasteiger partial charge in [-0.3, -0.25) is 9.69 Å². The van der Waals surface area contributed by atoms with Gasteiger partial charge >= 0.3 is 0 Å². The van der Waals surface area contributed by atoms with E-state index >= 15 is 0 Å². The summed E-state index contributed by atoms with van der Waals surface area (Å²) in [6, 6.07) is 9.40. The molecule has 2 rings (SSSR count). The Morgan fingerprint density at radius 1 is 1.33 bits per heavy atom. The zero-order valence-corrected chi connectivity index (χ0v) is 14.0. The van der Waals surface area contributed by atoms with Crippen LogP contribution in [0.1, 0.15) is 27.7 Å². The molecule has 0 saturated carbocycles. The molecule has 1 aromatic carbocycles. The number of halogens is 1. The van der Waals surface area contributed by atoms with Crippen molar-refractivity contribution < 1.29 is 9.21 Å². The number of likely N-dealkylation sites (N-methyl/N-ethyl adjacent to an activating group) is 1. The third-order valence-corrected chi connectivity index (χ3v) is 4.32. The second-order valence-electron chi connectivity index (χ2n) is 5.12. The fourth-order valence-electron chi connectivity index (χ4n) is 2.16. The molecule has 2 aromatic rings. The average Bonchev–Trinajstić information content (AvgIpc) is 2.95. The summed E-state index contributed by atoms with van der Waals surface area (Å²) < 4.78 is 6.37. The Balaban J connectivity index is 2.07. The van der Waals surface area contributed by atoms with Crippen molar-refractivity contribution in [3.8, 4) is 0 Å². The van der Waals surface area contributed by atoms with Crippen molar-refractivity contribution in [2.45, 2.75) is 13.0 Å². The van der Waals surface area contributed by atoms with Crippen LogP contribution in [-0.4, -0.2) is 31.4 Å². The van der Waals surface area contributed by atoms with Gasteiger partial charge in [0.2, 0.25) is 0 Å². The van der Waals surface area contributed by atoms with E-state index in [2.05, 4.69) is 21.2 Å². The molecule has 1 atom stereocenters. The number of furan rings is 1. The van der Waals surface area contributed by atoms with Crippen molar-refractivity contribution >= 4 is 21.8 Å². The van der Waals surface area contributed by atoms with Crippen molar-refractivity contribution in [1.29, 1.82) is 0 Å². The molecule has 4 nitrogen and oxygen atoms in total. The Morgan fingerprint density at radius 2 is 2.10 bits per heavy atom. The van der Waals surface area contributed by atoms with Crippen molar-refractivity contribution in [1.82, 2.24) is 10.2 Å². The van der Waals surface area contributed by atoms with Gasteiger partial charge in [0.25, 0.3) is 5.91 Å². The lowest BCUT2D eigenvalue weighted by Crippen LogP contribution is -2.34. The Hall–Kier alpha value is -1.59. The van der Waals surface area contributed by atoms with Crippen LogP contribution in [0, 0.1) is 6.92 Å². The van der Waals surface area contributed by atoms with Crippen molar-refractivity contribution in [2.75, 3.05) is 20.6 Å². The van der Waals surface area contributed by atoms with Crippen molar-refractivity contribution in [3.63, 3.8) is 0 Å². The number of rotatable bonds is 5. The Labute approximate surface area is 133 Å². The number of hydrogen-bond acceptors (Lipinski definition) is 3. The van der Waals surface area contributed by atoms with Crippen LogP contribution in [0.25, 0.3) is 0 Å². The van der Waals surface area contributed by atoms with Crippen LogP contribution in [0.15, 0.2) is 45.5 Å². The van der Waals surface area contributed by atoms with E-state index in [0.717, 1.165) is 15.8 Å². The molecule has 1 unspecified atom stereocenters. The molecule has 0 bridgehead atoms. The van der Waals surface area contributed by atoms with E-state index in [1.54, 1.807) is 6.26 Å². The molecule has 5 heteroatoms.